The average Bonchev–Trinajstić information content (AvgIpc) is 2.17. The van der Waals surface area contributed by atoms with E-state index in [4.69, 9.17) is 11.5 Å². The third-order valence-corrected chi connectivity index (χ3v) is 1.37. The van der Waals surface area contributed by atoms with Gasteiger partial charge in [0.15, 0.2) is 0 Å². The Morgan fingerprint density at radius 2 is 1.93 bits per heavy atom. The van der Waals surface area contributed by atoms with E-state index in [-0.39, 0.29) is 18.1 Å². The molecule has 0 aliphatic carbocycles. The molecule has 0 aromatic carbocycles. The second-order valence-corrected chi connectivity index (χ2v) is 2.49. The molecule has 0 unspecified atom stereocenters. The van der Waals surface area contributed by atoms with E-state index in [1.165, 1.54) is 14.2 Å². The van der Waals surface area contributed by atoms with Gasteiger partial charge in [-0.2, -0.15) is 0 Å². The third-order valence-electron chi connectivity index (χ3n) is 1.37. The molecule has 8 nitrogen and oxygen atoms in total. The first kappa shape index (κ1) is 13.0. The molecule has 15 heavy (non-hydrogen) atoms. The van der Waals surface area contributed by atoms with Gasteiger partial charge >= 0.3 is 0 Å². The fourth-order valence-corrected chi connectivity index (χ4v) is 0.759. The Morgan fingerprint density at radius 1 is 1.33 bits per heavy atom. The zero-order valence-electron chi connectivity index (χ0n) is 8.59. The van der Waals surface area contributed by atoms with Gasteiger partial charge in [0.25, 0.3) is 5.91 Å². The first-order chi connectivity index (χ1) is 7.02. The van der Waals surface area contributed by atoms with Crippen molar-refractivity contribution in [1.82, 2.24) is 16.1 Å². The van der Waals surface area contributed by atoms with Gasteiger partial charge < -0.3 is 22.1 Å². The van der Waals surface area contributed by atoms with Crippen LogP contribution in [0.5, 0.6) is 0 Å². The predicted octanol–water partition coefficient (Wildman–Crippen LogP) is -2.91. The zero-order valence-corrected chi connectivity index (χ0v) is 8.59. The lowest BCUT2D eigenvalue weighted by atomic mass is 10.4. The first-order valence-corrected chi connectivity index (χ1v) is 4.06. The van der Waals surface area contributed by atoms with Crippen molar-refractivity contribution in [3.8, 4) is 0 Å². The normalized spacial score (nSPS) is 11.3. The number of nitrogens with two attached hydrogens (primary N) is 2. The van der Waals surface area contributed by atoms with E-state index in [0.717, 1.165) is 0 Å². The number of hydroxylamine groups is 1. The van der Waals surface area contributed by atoms with E-state index in [2.05, 4.69) is 21.0 Å². The Morgan fingerprint density at radius 3 is 2.33 bits per heavy atom. The van der Waals surface area contributed by atoms with Crippen molar-refractivity contribution in [2.45, 2.75) is 0 Å². The molecule has 0 saturated carbocycles. The van der Waals surface area contributed by atoms with Crippen molar-refractivity contribution in [2.75, 3.05) is 20.7 Å². The summed E-state index contributed by atoms with van der Waals surface area (Å²) in [6.07, 6.45) is 0. The molecule has 0 bridgehead atoms. The van der Waals surface area contributed by atoms with E-state index < -0.39 is 11.8 Å². The van der Waals surface area contributed by atoms with Crippen LogP contribution in [-0.2, 0) is 14.4 Å². The van der Waals surface area contributed by atoms with Crippen LogP contribution in [0, 0.1) is 0 Å². The highest BCUT2D eigenvalue weighted by molar-refractivity contribution is 5.93. The predicted molar refractivity (Wildman–Crippen MR) is 52.6 cm³/mol. The van der Waals surface area contributed by atoms with Crippen LogP contribution in [0.25, 0.3) is 0 Å². The Labute approximate surface area is 87.0 Å². The Kier molecular flexibility index (Phi) is 5.64. The Balaban J connectivity index is 4.64. The summed E-state index contributed by atoms with van der Waals surface area (Å²) in [6, 6.07) is 0. The summed E-state index contributed by atoms with van der Waals surface area (Å²) >= 11 is 0. The minimum Gasteiger partial charge on any atom is -0.382 e. The van der Waals surface area contributed by atoms with Crippen LogP contribution in [0.4, 0.5) is 0 Å². The lowest BCUT2D eigenvalue weighted by Crippen LogP contribution is -2.39. The van der Waals surface area contributed by atoms with Crippen LogP contribution < -0.4 is 27.6 Å². The Hall–Kier alpha value is -1.96. The quantitative estimate of drug-likeness (QED) is 0.239. The van der Waals surface area contributed by atoms with Gasteiger partial charge in [0.05, 0.1) is 13.7 Å². The molecule has 0 fully saturated rings. The van der Waals surface area contributed by atoms with E-state index >= 15 is 0 Å². The maximum atomic E-state index is 11.3. The fraction of sp³-hybridized carbons (Fsp3) is 0.429. The fourth-order valence-electron chi connectivity index (χ4n) is 0.759. The highest BCUT2D eigenvalue weighted by atomic mass is 16.6. The summed E-state index contributed by atoms with van der Waals surface area (Å²) in [4.78, 5) is 26.3. The second kappa shape index (κ2) is 6.49. The average molecular weight is 217 g/mol. The monoisotopic (exact) mass is 217 g/mol. The van der Waals surface area contributed by atoms with Crippen LogP contribution >= 0.6 is 0 Å². The number of likely N-dealkylation sites (N-methyl/N-ethyl adjacent to an activating group) is 1. The molecule has 0 aliphatic rings. The number of hydrogen-bond donors (Lipinski definition) is 5. The number of carbonyl (C=O) groups is 2. The minimum absolute atomic E-state index is 0.0156. The minimum atomic E-state index is -0.610. The van der Waals surface area contributed by atoms with Crippen LogP contribution in [0.1, 0.15) is 0 Å². The molecule has 0 aliphatic heterocycles. The number of amides is 2. The summed E-state index contributed by atoms with van der Waals surface area (Å²) in [7, 11) is 2.76. The molecule has 8 heteroatoms. The van der Waals surface area contributed by atoms with Crippen LogP contribution in [-0.4, -0.2) is 32.5 Å². The summed E-state index contributed by atoms with van der Waals surface area (Å²) in [5, 5.41) is 4.82. The van der Waals surface area contributed by atoms with Gasteiger partial charge in [-0.3, -0.25) is 14.4 Å². The molecule has 0 spiro atoms. The van der Waals surface area contributed by atoms with E-state index in [1.807, 2.05) is 0 Å². The van der Waals surface area contributed by atoms with Crippen LogP contribution in [0.3, 0.4) is 0 Å². The highest BCUT2D eigenvalue weighted by Crippen LogP contribution is 1.91. The van der Waals surface area contributed by atoms with Crippen molar-refractivity contribution < 1.29 is 14.4 Å². The zero-order chi connectivity index (χ0) is 11.8. The van der Waals surface area contributed by atoms with Crippen LogP contribution in [0.15, 0.2) is 11.5 Å². The van der Waals surface area contributed by atoms with Crippen molar-refractivity contribution in [3.05, 3.63) is 11.5 Å². The third kappa shape index (κ3) is 4.72. The molecule has 2 amide bonds. The van der Waals surface area contributed by atoms with Gasteiger partial charge in [0.1, 0.15) is 11.5 Å². The Bertz CT molecular complexity index is 276. The molecule has 0 atom stereocenters. The molecule has 0 aromatic rings. The molecular formula is C7H15N5O3. The van der Waals surface area contributed by atoms with Crippen LogP contribution in [0.2, 0.25) is 0 Å². The van der Waals surface area contributed by atoms with Crippen molar-refractivity contribution in [3.63, 3.8) is 0 Å². The van der Waals surface area contributed by atoms with Gasteiger partial charge in [0, 0.05) is 7.05 Å². The maximum absolute atomic E-state index is 11.3. The highest BCUT2D eigenvalue weighted by Gasteiger charge is 2.12. The van der Waals surface area contributed by atoms with E-state index in [1.54, 1.807) is 0 Å². The summed E-state index contributed by atoms with van der Waals surface area (Å²) < 4.78 is 0. The van der Waals surface area contributed by atoms with Crippen molar-refractivity contribution in [1.29, 1.82) is 0 Å². The number of nitrogens with one attached hydrogen (secondary N) is 3. The number of hydrogen-bond acceptors (Lipinski definition) is 6. The smallest absolute Gasteiger partial charge is 0.270 e. The molecule has 0 rings (SSSR count). The van der Waals surface area contributed by atoms with Gasteiger partial charge in [0.2, 0.25) is 5.91 Å². The number of primary amides is 1. The van der Waals surface area contributed by atoms with Gasteiger partial charge in [-0.1, -0.05) is 0 Å². The SMILES string of the molecule is CNC(=O)/C(NCC(N)=O)=C(/N)NOC. The standard InChI is InChI=1S/C7H15N5O3/c1-10-7(14)5(6(9)12-15-2)11-3-4(8)13/h11-12H,3,9H2,1-2H3,(H2,8,13)(H,10,14)/b6-5+. The van der Waals surface area contributed by atoms with E-state index in [9.17, 15) is 9.59 Å². The largest absolute Gasteiger partial charge is 0.382 e. The first-order valence-electron chi connectivity index (χ1n) is 4.06. The summed E-state index contributed by atoms with van der Waals surface area (Å²) in [5.41, 5.74) is 12.6. The van der Waals surface area contributed by atoms with Gasteiger partial charge in [-0.05, 0) is 0 Å². The molecule has 0 radical (unpaired) electrons. The topological polar surface area (TPSA) is 132 Å². The molecule has 7 N–H and O–H groups in total. The summed E-state index contributed by atoms with van der Waals surface area (Å²) in [5.74, 6) is -1.14. The van der Waals surface area contributed by atoms with Gasteiger partial charge in [-0.15, -0.1) is 0 Å². The maximum Gasteiger partial charge on any atom is 0.270 e. The van der Waals surface area contributed by atoms with E-state index in [0.29, 0.717) is 0 Å². The number of rotatable bonds is 6. The lowest BCUT2D eigenvalue weighted by molar-refractivity contribution is -0.118. The summed E-state index contributed by atoms with van der Waals surface area (Å²) in [6.45, 7) is -0.200. The lowest BCUT2D eigenvalue weighted by Gasteiger charge is -2.12. The number of carbonyl (C=O) groups excluding carboxylic acids is 2. The molecule has 0 aromatic heterocycles. The molecular weight excluding hydrogens is 202 g/mol. The van der Waals surface area contributed by atoms with Crippen molar-refractivity contribution in [2.24, 2.45) is 11.5 Å². The molecule has 0 heterocycles. The molecule has 0 saturated heterocycles. The van der Waals surface area contributed by atoms with Crippen molar-refractivity contribution >= 4 is 11.8 Å². The second-order valence-electron chi connectivity index (χ2n) is 2.49. The van der Waals surface area contributed by atoms with Gasteiger partial charge in [-0.25, -0.2) is 5.48 Å². The molecule has 86 valence electrons.